The molecule has 3 N–H and O–H groups in total. The Balaban J connectivity index is 1.44. The fourth-order valence-electron chi connectivity index (χ4n) is 5.07. The van der Waals surface area contributed by atoms with Crippen LogP contribution < -0.4 is 10.6 Å². The van der Waals surface area contributed by atoms with Crippen LogP contribution in [0.5, 0.6) is 0 Å². The van der Waals surface area contributed by atoms with Crippen LogP contribution >= 0.6 is 0 Å². The van der Waals surface area contributed by atoms with Crippen LogP contribution in [-0.2, 0) is 14.3 Å². The van der Waals surface area contributed by atoms with Gasteiger partial charge >= 0.3 is 12.1 Å². The van der Waals surface area contributed by atoms with Crippen LogP contribution in [0.1, 0.15) is 63.0 Å². The summed E-state index contributed by atoms with van der Waals surface area (Å²) in [5, 5.41) is 14.7. The van der Waals surface area contributed by atoms with E-state index in [0.29, 0.717) is 12.8 Å². The van der Waals surface area contributed by atoms with E-state index in [2.05, 4.69) is 34.9 Å². The summed E-state index contributed by atoms with van der Waals surface area (Å²) >= 11 is 0. The van der Waals surface area contributed by atoms with Crippen molar-refractivity contribution in [3.05, 3.63) is 59.7 Å². The van der Waals surface area contributed by atoms with E-state index in [0.717, 1.165) is 35.1 Å². The van der Waals surface area contributed by atoms with Crippen LogP contribution in [0.2, 0.25) is 0 Å². The van der Waals surface area contributed by atoms with E-state index in [1.54, 1.807) is 13.8 Å². The van der Waals surface area contributed by atoms with Gasteiger partial charge in [-0.25, -0.2) is 4.79 Å². The Labute approximate surface area is 193 Å². The Kier molecular flexibility index (Phi) is 6.15. The van der Waals surface area contributed by atoms with Crippen molar-refractivity contribution in [1.29, 1.82) is 0 Å². The fourth-order valence-corrected chi connectivity index (χ4v) is 5.07. The minimum Gasteiger partial charge on any atom is -0.481 e. The Morgan fingerprint density at radius 3 is 2.09 bits per heavy atom. The van der Waals surface area contributed by atoms with E-state index in [9.17, 15) is 14.4 Å². The van der Waals surface area contributed by atoms with E-state index in [4.69, 9.17) is 9.84 Å². The lowest BCUT2D eigenvalue weighted by Crippen LogP contribution is -2.61. The first-order valence-electron chi connectivity index (χ1n) is 11.4. The first kappa shape index (κ1) is 22.8. The number of aliphatic carboxylic acids is 1. The molecule has 7 nitrogen and oxygen atoms in total. The summed E-state index contributed by atoms with van der Waals surface area (Å²) < 4.78 is 5.65. The van der Waals surface area contributed by atoms with Gasteiger partial charge in [0.25, 0.3) is 0 Å². The Bertz CT molecular complexity index is 1030. The predicted molar refractivity (Wildman–Crippen MR) is 124 cm³/mol. The highest BCUT2D eigenvalue weighted by Gasteiger charge is 2.45. The third kappa shape index (κ3) is 4.72. The molecule has 0 saturated heterocycles. The number of carbonyl (C=O) groups is 3. The number of fused-ring (bicyclic) bond motifs is 3. The summed E-state index contributed by atoms with van der Waals surface area (Å²) in [6.45, 7) is 3.49. The van der Waals surface area contributed by atoms with Gasteiger partial charge in [0, 0.05) is 11.5 Å². The van der Waals surface area contributed by atoms with Gasteiger partial charge in [-0.2, -0.15) is 0 Å². The molecule has 1 fully saturated rings. The second-order valence-corrected chi connectivity index (χ2v) is 9.65. The summed E-state index contributed by atoms with van der Waals surface area (Å²) in [5.74, 6) is -1.42. The fraction of sp³-hybridized carbons (Fsp3) is 0.423. The SMILES string of the molecule is CC(C)(CC(=O)O)NC(=O)C1(NC(=O)OCC2c3ccccc3-c3ccccc32)CCCC1. The van der Waals surface area contributed by atoms with Gasteiger partial charge < -0.3 is 20.5 Å². The van der Waals surface area contributed by atoms with Crippen LogP contribution in [0.15, 0.2) is 48.5 Å². The quantitative estimate of drug-likeness (QED) is 0.586. The molecule has 33 heavy (non-hydrogen) atoms. The minimum absolute atomic E-state index is 0.0639. The first-order chi connectivity index (χ1) is 15.7. The Morgan fingerprint density at radius 1 is 1.00 bits per heavy atom. The van der Waals surface area contributed by atoms with Gasteiger partial charge in [-0.1, -0.05) is 61.4 Å². The lowest BCUT2D eigenvalue weighted by molar-refractivity contribution is -0.139. The first-order valence-corrected chi connectivity index (χ1v) is 11.4. The molecule has 0 bridgehead atoms. The van der Waals surface area contributed by atoms with Crippen molar-refractivity contribution >= 4 is 18.0 Å². The molecule has 2 aliphatic carbocycles. The van der Waals surface area contributed by atoms with Crippen LogP contribution in [0.25, 0.3) is 11.1 Å². The smallest absolute Gasteiger partial charge is 0.408 e. The molecule has 0 atom stereocenters. The molecule has 2 aromatic rings. The number of alkyl carbamates (subject to hydrolysis) is 1. The number of ether oxygens (including phenoxy) is 1. The zero-order chi connectivity index (χ0) is 23.6. The van der Waals surface area contributed by atoms with Crippen LogP contribution in [-0.4, -0.2) is 40.8 Å². The third-order valence-corrected chi connectivity index (χ3v) is 6.62. The molecule has 0 heterocycles. The number of carboxylic acid groups (broad SMARTS) is 1. The van der Waals surface area contributed by atoms with Gasteiger partial charge in [0.2, 0.25) is 5.91 Å². The molecule has 2 aliphatic rings. The molecular formula is C26H30N2O5. The molecule has 0 spiro atoms. The average molecular weight is 451 g/mol. The standard InChI is InChI=1S/C26H30N2O5/c1-25(2,15-22(29)30)27-23(31)26(13-7-8-14-26)28-24(32)33-16-21-19-11-5-3-9-17(19)18-10-4-6-12-20(18)21/h3-6,9-12,21H,7-8,13-16H2,1-2H3,(H,27,31)(H,28,32)(H,29,30). The summed E-state index contributed by atoms with van der Waals surface area (Å²) in [6.07, 6.45) is 1.75. The van der Waals surface area contributed by atoms with Gasteiger partial charge in [-0.05, 0) is 48.9 Å². The lowest BCUT2D eigenvalue weighted by atomic mass is 9.93. The maximum atomic E-state index is 13.1. The van der Waals surface area contributed by atoms with Crippen molar-refractivity contribution < 1.29 is 24.2 Å². The van der Waals surface area contributed by atoms with Crippen LogP contribution in [0.4, 0.5) is 4.79 Å². The highest BCUT2D eigenvalue weighted by atomic mass is 16.5. The Morgan fingerprint density at radius 2 is 1.55 bits per heavy atom. The van der Waals surface area contributed by atoms with E-state index < -0.39 is 23.1 Å². The molecule has 0 aromatic heterocycles. The molecule has 0 radical (unpaired) electrons. The Hall–Kier alpha value is -3.35. The molecule has 174 valence electrons. The number of hydrogen-bond acceptors (Lipinski definition) is 4. The summed E-state index contributed by atoms with van der Waals surface area (Å²) in [5.41, 5.74) is 2.52. The zero-order valence-electron chi connectivity index (χ0n) is 19.0. The molecule has 1 saturated carbocycles. The normalized spacial score (nSPS) is 16.5. The summed E-state index contributed by atoms with van der Waals surface area (Å²) in [4.78, 5) is 37.1. The second-order valence-electron chi connectivity index (χ2n) is 9.65. The highest BCUT2D eigenvalue weighted by Crippen LogP contribution is 2.44. The van der Waals surface area contributed by atoms with Gasteiger partial charge in [-0.15, -0.1) is 0 Å². The zero-order valence-corrected chi connectivity index (χ0v) is 19.0. The minimum atomic E-state index is -1.08. The van der Waals surface area contributed by atoms with Crippen LogP contribution in [0, 0.1) is 0 Å². The number of carboxylic acids is 1. The number of carbonyl (C=O) groups excluding carboxylic acids is 2. The number of rotatable bonds is 7. The molecular weight excluding hydrogens is 420 g/mol. The van der Waals surface area contributed by atoms with Crippen molar-refractivity contribution in [1.82, 2.24) is 10.6 Å². The average Bonchev–Trinajstić information content (AvgIpc) is 3.35. The van der Waals surface area contributed by atoms with E-state index in [-0.39, 0.29) is 24.9 Å². The van der Waals surface area contributed by atoms with Crippen molar-refractivity contribution in [3.8, 4) is 11.1 Å². The molecule has 2 aromatic carbocycles. The molecule has 4 rings (SSSR count). The summed E-state index contributed by atoms with van der Waals surface area (Å²) in [6, 6.07) is 16.2. The van der Waals surface area contributed by atoms with Gasteiger partial charge in [-0.3, -0.25) is 9.59 Å². The summed E-state index contributed by atoms with van der Waals surface area (Å²) in [7, 11) is 0. The topological polar surface area (TPSA) is 105 Å². The molecule has 0 aliphatic heterocycles. The van der Waals surface area contributed by atoms with Crippen molar-refractivity contribution in [2.24, 2.45) is 0 Å². The van der Waals surface area contributed by atoms with Crippen molar-refractivity contribution in [3.63, 3.8) is 0 Å². The van der Waals surface area contributed by atoms with Crippen molar-refractivity contribution in [2.75, 3.05) is 6.61 Å². The predicted octanol–water partition coefficient (Wildman–Crippen LogP) is 4.21. The van der Waals surface area contributed by atoms with E-state index >= 15 is 0 Å². The highest BCUT2D eigenvalue weighted by molar-refractivity contribution is 5.91. The van der Waals surface area contributed by atoms with E-state index in [1.807, 2.05) is 24.3 Å². The maximum Gasteiger partial charge on any atom is 0.408 e. The maximum absolute atomic E-state index is 13.1. The van der Waals surface area contributed by atoms with Crippen molar-refractivity contribution in [2.45, 2.75) is 62.9 Å². The lowest BCUT2D eigenvalue weighted by Gasteiger charge is -2.33. The third-order valence-electron chi connectivity index (χ3n) is 6.62. The molecule has 7 heteroatoms. The second kappa shape index (κ2) is 8.89. The number of benzene rings is 2. The number of amides is 2. The van der Waals surface area contributed by atoms with Gasteiger partial charge in [0.05, 0.1) is 6.42 Å². The van der Waals surface area contributed by atoms with E-state index in [1.165, 1.54) is 0 Å². The molecule has 2 amide bonds. The van der Waals surface area contributed by atoms with Gasteiger partial charge in [0.1, 0.15) is 12.1 Å². The van der Waals surface area contributed by atoms with Crippen LogP contribution in [0.3, 0.4) is 0 Å². The molecule has 0 unspecified atom stereocenters. The van der Waals surface area contributed by atoms with Gasteiger partial charge in [0.15, 0.2) is 0 Å². The number of nitrogens with one attached hydrogen (secondary N) is 2. The number of hydrogen-bond donors (Lipinski definition) is 3. The largest absolute Gasteiger partial charge is 0.481 e. The monoisotopic (exact) mass is 450 g/mol.